The Balaban J connectivity index is 1.52. The van der Waals surface area contributed by atoms with Gasteiger partial charge in [-0.1, -0.05) is 42.5 Å². The molecule has 1 aliphatic heterocycles. The average Bonchev–Trinajstić information content (AvgIpc) is 3.07. The van der Waals surface area contributed by atoms with E-state index < -0.39 is 0 Å². The summed E-state index contributed by atoms with van der Waals surface area (Å²) < 4.78 is 1.37. The summed E-state index contributed by atoms with van der Waals surface area (Å²) in [6, 6.07) is 17.0. The molecule has 0 unspecified atom stereocenters. The third-order valence-corrected chi connectivity index (χ3v) is 4.98. The quantitative estimate of drug-likeness (QED) is 0.775. The van der Waals surface area contributed by atoms with Crippen LogP contribution in [0.4, 0.5) is 0 Å². The van der Waals surface area contributed by atoms with Crippen molar-refractivity contribution in [3.63, 3.8) is 0 Å². The molecule has 1 amide bonds. The molecule has 2 atom stereocenters. The smallest absolute Gasteiger partial charge is 0.261 e. The van der Waals surface area contributed by atoms with Gasteiger partial charge in [-0.2, -0.15) is 0 Å². The van der Waals surface area contributed by atoms with Crippen LogP contribution >= 0.6 is 0 Å². The summed E-state index contributed by atoms with van der Waals surface area (Å²) in [6.07, 6.45) is 1.44. The number of likely N-dealkylation sites (tertiary alicyclic amines) is 1. The zero-order chi connectivity index (χ0) is 18.1. The van der Waals surface area contributed by atoms with E-state index in [0.717, 1.165) is 5.56 Å². The molecule has 0 radical (unpaired) electrons. The van der Waals surface area contributed by atoms with Gasteiger partial charge in [0.25, 0.3) is 5.56 Å². The number of nitrogens with zero attached hydrogens (tertiary/aromatic N) is 3. The molecule has 0 aliphatic carbocycles. The van der Waals surface area contributed by atoms with Gasteiger partial charge < -0.3 is 10.6 Å². The van der Waals surface area contributed by atoms with Crippen LogP contribution in [-0.2, 0) is 11.3 Å². The van der Waals surface area contributed by atoms with E-state index in [1.165, 1.54) is 10.9 Å². The van der Waals surface area contributed by atoms with E-state index in [1.54, 1.807) is 23.1 Å². The minimum atomic E-state index is -0.202. The van der Waals surface area contributed by atoms with Crippen molar-refractivity contribution < 1.29 is 4.79 Å². The first-order valence-electron chi connectivity index (χ1n) is 8.66. The highest BCUT2D eigenvalue weighted by Gasteiger charge is 2.33. The molecule has 132 valence electrons. The number of carbonyl (C=O) groups excluding carboxylic acids is 1. The topological polar surface area (TPSA) is 81.2 Å². The highest BCUT2D eigenvalue weighted by atomic mass is 16.2. The van der Waals surface area contributed by atoms with E-state index in [1.807, 2.05) is 36.4 Å². The molecular formula is C20H20N4O2. The van der Waals surface area contributed by atoms with E-state index in [9.17, 15) is 9.59 Å². The second-order valence-corrected chi connectivity index (χ2v) is 6.67. The lowest BCUT2D eigenvalue weighted by Gasteiger charge is -2.17. The molecule has 0 bridgehead atoms. The van der Waals surface area contributed by atoms with Crippen molar-refractivity contribution in [2.75, 3.05) is 13.1 Å². The largest absolute Gasteiger partial charge is 0.339 e. The van der Waals surface area contributed by atoms with Crippen LogP contribution in [0.2, 0.25) is 0 Å². The van der Waals surface area contributed by atoms with Crippen molar-refractivity contribution in [2.24, 2.45) is 5.73 Å². The minimum Gasteiger partial charge on any atom is -0.339 e. The zero-order valence-electron chi connectivity index (χ0n) is 14.3. The Kier molecular flexibility index (Phi) is 4.26. The van der Waals surface area contributed by atoms with Crippen molar-refractivity contribution in [1.82, 2.24) is 14.5 Å². The number of rotatable bonds is 3. The molecule has 3 aromatic rings. The Morgan fingerprint density at radius 2 is 1.81 bits per heavy atom. The summed E-state index contributed by atoms with van der Waals surface area (Å²) in [5, 5.41) is 0.517. The van der Waals surface area contributed by atoms with Crippen molar-refractivity contribution >= 4 is 16.8 Å². The Labute approximate surface area is 150 Å². The molecule has 6 heteroatoms. The number of hydrogen-bond donors (Lipinski definition) is 1. The molecule has 1 fully saturated rings. The normalized spacial score (nSPS) is 19.8. The fourth-order valence-electron chi connectivity index (χ4n) is 3.55. The number of nitrogens with two attached hydrogens (primary N) is 1. The molecule has 2 N–H and O–H groups in total. The summed E-state index contributed by atoms with van der Waals surface area (Å²) >= 11 is 0. The standard InChI is InChI=1S/C20H20N4O2/c21-17-11-23(10-16(17)14-6-2-1-3-7-14)19(25)12-24-13-22-18-9-5-4-8-15(18)20(24)26/h1-9,13,16-17H,10-12,21H2/t16-,17+/m1/s1. The number of amides is 1. The van der Waals surface area contributed by atoms with Crippen LogP contribution in [0.15, 0.2) is 65.7 Å². The molecule has 0 spiro atoms. The molecule has 4 rings (SSSR count). The lowest BCUT2D eigenvalue weighted by molar-refractivity contribution is -0.130. The van der Waals surface area contributed by atoms with Crippen LogP contribution in [-0.4, -0.2) is 39.5 Å². The summed E-state index contributed by atoms with van der Waals surface area (Å²) in [5.74, 6) is 0.00432. The van der Waals surface area contributed by atoms with E-state index in [2.05, 4.69) is 4.98 Å². The van der Waals surface area contributed by atoms with Crippen LogP contribution in [0.5, 0.6) is 0 Å². The first-order chi connectivity index (χ1) is 12.6. The summed E-state index contributed by atoms with van der Waals surface area (Å²) in [7, 11) is 0. The maximum absolute atomic E-state index is 12.7. The van der Waals surface area contributed by atoms with Crippen LogP contribution in [0, 0.1) is 0 Å². The first-order valence-corrected chi connectivity index (χ1v) is 8.66. The van der Waals surface area contributed by atoms with Crippen LogP contribution in [0.1, 0.15) is 11.5 Å². The predicted octanol–water partition coefficient (Wildman–Crippen LogP) is 1.35. The van der Waals surface area contributed by atoms with Crippen molar-refractivity contribution in [3.8, 4) is 0 Å². The molecule has 26 heavy (non-hydrogen) atoms. The number of benzene rings is 2. The molecule has 1 aliphatic rings. The molecular weight excluding hydrogens is 328 g/mol. The highest BCUT2D eigenvalue weighted by Crippen LogP contribution is 2.26. The van der Waals surface area contributed by atoms with Gasteiger partial charge in [0.2, 0.25) is 5.91 Å². The molecule has 0 saturated carbocycles. The Morgan fingerprint density at radius 3 is 2.62 bits per heavy atom. The SMILES string of the molecule is N[C@H]1CN(C(=O)Cn2cnc3ccccc3c2=O)C[C@@H]1c1ccccc1. The van der Waals surface area contributed by atoms with Crippen molar-refractivity contribution in [1.29, 1.82) is 0 Å². The lowest BCUT2D eigenvalue weighted by Crippen LogP contribution is -2.36. The highest BCUT2D eigenvalue weighted by molar-refractivity contribution is 5.79. The second-order valence-electron chi connectivity index (χ2n) is 6.67. The summed E-state index contributed by atoms with van der Waals surface area (Å²) in [5.41, 5.74) is 7.83. The van der Waals surface area contributed by atoms with Gasteiger partial charge in [-0.15, -0.1) is 0 Å². The number of aromatic nitrogens is 2. The maximum Gasteiger partial charge on any atom is 0.261 e. The van der Waals surface area contributed by atoms with Crippen LogP contribution in [0.3, 0.4) is 0 Å². The van der Waals surface area contributed by atoms with Gasteiger partial charge in [0.1, 0.15) is 6.54 Å². The number of carbonyl (C=O) groups is 1. The van der Waals surface area contributed by atoms with E-state index >= 15 is 0 Å². The van der Waals surface area contributed by atoms with Crippen LogP contribution < -0.4 is 11.3 Å². The van der Waals surface area contributed by atoms with Crippen LogP contribution in [0.25, 0.3) is 10.9 Å². The third-order valence-electron chi connectivity index (χ3n) is 4.98. The molecule has 1 saturated heterocycles. The molecule has 2 aromatic carbocycles. The van der Waals surface area contributed by atoms with Gasteiger partial charge in [0.05, 0.1) is 17.2 Å². The second kappa shape index (κ2) is 6.72. The maximum atomic E-state index is 12.7. The fourth-order valence-corrected chi connectivity index (χ4v) is 3.55. The third kappa shape index (κ3) is 2.99. The van der Waals surface area contributed by atoms with E-state index in [0.29, 0.717) is 24.0 Å². The number of hydrogen-bond acceptors (Lipinski definition) is 4. The monoisotopic (exact) mass is 348 g/mol. The van der Waals surface area contributed by atoms with Crippen molar-refractivity contribution in [2.45, 2.75) is 18.5 Å². The predicted molar refractivity (Wildman–Crippen MR) is 99.7 cm³/mol. The first kappa shape index (κ1) is 16.5. The zero-order valence-corrected chi connectivity index (χ0v) is 14.3. The Bertz CT molecular complexity index is 999. The van der Waals surface area contributed by atoms with Gasteiger partial charge >= 0.3 is 0 Å². The fraction of sp³-hybridized carbons (Fsp3) is 0.250. The van der Waals surface area contributed by atoms with Gasteiger partial charge in [0, 0.05) is 25.0 Å². The van der Waals surface area contributed by atoms with E-state index in [-0.39, 0.29) is 30.0 Å². The van der Waals surface area contributed by atoms with Gasteiger partial charge in [-0.3, -0.25) is 14.2 Å². The van der Waals surface area contributed by atoms with Gasteiger partial charge in [-0.25, -0.2) is 4.98 Å². The Morgan fingerprint density at radius 1 is 1.08 bits per heavy atom. The number of para-hydroxylation sites is 1. The summed E-state index contributed by atoms with van der Waals surface area (Å²) in [4.78, 5) is 31.3. The van der Waals surface area contributed by atoms with Gasteiger partial charge in [0.15, 0.2) is 0 Å². The number of fused-ring (bicyclic) bond motifs is 1. The molecule has 1 aromatic heterocycles. The Hall–Kier alpha value is -2.99. The summed E-state index contributed by atoms with van der Waals surface area (Å²) in [6.45, 7) is 1.04. The van der Waals surface area contributed by atoms with E-state index in [4.69, 9.17) is 5.73 Å². The van der Waals surface area contributed by atoms with Gasteiger partial charge in [-0.05, 0) is 17.7 Å². The van der Waals surface area contributed by atoms with Crippen molar-refractivity contribution in [3.05, 3.63) is 76.8 Å². The average molecular weight is 348 g/mol. The minimum absolute atomic E-state index is 0.0229. The molecule has 6 nitrogen and oxygen atoms in total. The molecule has 2 heterocycles. The lowest BCUT2D eigenvalue weighted by atomic mass is 9.95.